The van der Waals surface area contributed by atoms with Gasteiger partial charge in [-0.05, 0) is 48.5 Å². The van der Waals surface area contributed by atoms with Crippen LogP contribution in [-0.4, -0.2) is 41.5 Å². The minimum atomic E-state index is -0.496. The van der Waals surface area contributed by atoms with Crippen LogP contribution in [0.4, 0.5) is 4.79 Å². The maximum absolute atomic E-state index is 12.2. The fraction of sp³-hybridized carbons (Fsp3) is 0.765. The zero-order valence-corrected chi connectivity index (χ0v) is 21.5. The van der Waals surface area contributed by atoms with Crippen LogP contribution in [0.25, 0.3) is 0 Å². The molecule has 0 radical (unpaired) electrons. The van der Waals surface area contributed by atoms with Gasteiger partial charge in [-0.15, -0.1) is 6.54 Å². The molecular formula is C17H29BNO4Rb. The van der Waals surface area contributed by atoms with Crippen molar-refractivity contribution in [1.29, 1.82) is 0 Å². The molecule has 1 atom stereocenters. The number of ether oxygens (including phenoxy) is 1. The summed E-state index contributed by atoms with van der Waals surface area (Å²) in [5, 5.41) is 0. The van der Waals surface area contributed by atoms with Gasteiger partial charge >= 0.3 is 71.4 Å². The second-order valence-corrected chi connectivity index (χ2v) is 8.44. The third-order valence-electron chi connectivity index (χ3n) is 4.64. The van der Waals surface area contributed by atoms with Gasteiger partial charge in [0.1, 0.15) is 5.60 Å². The summed E-state index contributed by atoms with van der Waals surface area (Å²) < 4.78 is 17.6. The molecule has 130 valence electrons. The van der Waals surface area contributed by atoms with Crippen molar-refractivity contribution in [2.75, 3.05) is 6.54 Å². The molecule has 0 aromatic rings. The molecule has 2 heterocycles. The van der Waals surface area contributed by atoms with Crippen LogP contribution in [0.15, 0.2) is 11.5 Å². The van der Waals surface area contributed by atoms with Gasteiger partial charge in [0.2, 0.25) is 0 Å². The van der Waals surface area contributed by atoms with E-state index in [0.717, 1.165) is 5.47 Å². The van der Waals surface area contributed by atoms with E-state index in [9.17, 15) is 4.79 Å². The van der Waals surface area contributed by atoms with E-state index < -0.39 is 5.60 Å². The van der Waals surface area contributed by atoms with Crippen molar-refractivity contribution in [3.05, 3.63) is 18.1 Å². The Labute approximate surface area is 195 Å². The van der Waals surface area contributed by atoms with Crippen molar-refractivity contribution in [3.8, 4) is 0 Å². The summed E-state index contributed by atoms with van der Waals surface area (Å²) >= 11 is 0. The van der Waals surface area contributed by atoms with E-state index in [-0.39, 0.29) is 88.5 Å². The van der Waals surface area contributed by atoms with Crippen LogP contribution in [0.5, 0.6) is 0 Å². The largest absolute Gasteiger partial charge is 1.00 e. The average Bonchev–Trinajstić information content (AvgIpc) is 2.55. The molecule has 5 nitrogen and oxygen atoms in total. The normalized spacial score (nSPS) is 25.5. The Morgan fingerprint density at radius 3 is 2.21 bits per heavy atom. The molecule has 0 aromatic carbocycles. The number of hydrogen-bond donors (Lipinski definition) is 0. The zero-order chi connectivity index (χ0) is 17.6. The van der Waals surface area contributed by atoms with Crippen molar-refractivity contribution < 1.29 is 77.0 Å². The van der Waals surface area contributed by atoms with Crippen molar-refractivity contribution in [1.82, 2.24) is 4.90 Å². The van der Waals surface area contributed by atoms with Crippen LogP contribution in [0.3, 0.4) is 0 Å². The molecule has 0 aromatic heterocycles. The quantitative estimate of drug-likeness (QED) is 0.472. The Morgan fingerprint density at radius 2 is 1.79 bits per heavy atom. The van der Waals surface area contributed by atoms with Gasteiger partial charge in [-0.2, -0.15) is 5.47 Å². The van der Waals surface area contributed by atoms with Gasteiger partial charge in [0, 0.05) is 6.54 Å². The van der Waals surface area contributed by atoms with Crippen molar-refractivity contribution in [2.45, 2.75) is 72.2 Å². The van der Waals surface area contributed by atoms with Gasteiger partial charge in [0.25, 0.3) is 0 Å². The maximum atomic E-state index is 12.2. The Hall–Kier alpha value is 0.670. The summed E-state index contributed by atoms with van der Waals surface area (Å²) in [7, 11) is -0.368. The van der Waals surface area contributed by atoms with Gasteiger partial charge < -0.3 is 18.9 Å². The molecule has 0 N–H and O–H groups in total. The second kappa shape index (κ2) is 7.73. The Balaban J connectivity index is 0.00000288. The number of rotatable bonds is 1. The summed E-state index contributed by atoms with van der Waals surface area (Å²) in [4.78, 5) is 13.8. The number of amides is 1. The molecule has 1 fully saturated rings. The summed E-state index contributed by atoms with van der Waals surface area (Å²) in [6.07, 6.45) is 1.59. The van der Waals surface area contributed by atoms with Gasteiger partial charge in [-0.1, -0.05) is 12.8 Å². The SMILES string of the molecule is CC1CN(C(=O)OC(C)(C)C)[CH-]C=C1B1OC(C)(C)C(C)(C)O1.[Rb+]. The van der Waals surface area contributed by atoms with Crippen LogP contribution in [0.2, 0.25) is 0 Å². The first-order chi connectivity index (χ1) is 10.3. The summed E-state index contributed by atoms with van der Waals surface area (Å²) in [6, 6.07) is 0. The van der Waals surface area contributed by atoms with E-state index in [1.165, 1.54) is 0 Å². The summed E-state index contributed by atoms with van der Waals surface area (Å²) in [5.41, 5.74) is -0.159. The van der Waals surface area contributed by atoms with Gasteiger partial charge in [-0.25, -0.2) is 10.9 Å². The van der Waals surface area contributed by atoms with E-state index in [2.05, 4.69) is 6.92 Å². The third kappa shape index (κ3) is 5.10. The van der Waals surface area contributed by atoms with Crippen LogP contribution < -0.4 is 58.2 Å². The Morgan fingerprint density at radius 1 is 1.29 bits per heavy atom. The monoisotopic (exact) mass is 407 g/mol. The molecule has 7 heteroatoms. The van der Waals surface area contributed by atoms with Crippen molar-refractivity contribution >= 4 is 13.2 Å². The van der Waals surface area contributed by atoms with Gasteiger partial charge in [0.15, 0.2) is 0 Å². The van der Waals surface area contributed by atoms with E-state index in [1.54, 1.807) is 11.4 Å². The van der Waals surface area contributed by atoms with E-state index >= 15 is 0 Å². The molecule has 2 rings (SSSR count). The van der Waals surface area contributed by atoms with Crippen LogP contribution in [0, 0.1) is 12.5 Å². The minimum absolute atomic E-state index is 0. The third-order valence-corrected chi connectivity index (χ3v) is 4.64. The smallest absolute Gasteiger partial charge is 0.444 e. The van der Waals surface area contributed by atoms with E-state index in [0.29, 0.717) is 6.54 Å². The molecule has 1 saturated heterocycles. The van der Waals surface area contributed by atoms with Gasteiger partial charge in [-0.3, -0.25) is 0 Å². The second-order valence-electron chi connectivity index (χ2n) is 8.44. The van der Waals surface area contributed by atoms with Gasteiger partial charge in [0.05, 0.1) is 11.2 Å². The summed E-state index contributed by atoms with van der Waals surface area (Å²) in [6.45, 7) is 18.1. The molecule has 0 spiro atoms. The first-order valence-electron chi connectivity index (χ1n) is 8.23. The molecule has 2 aliphatic heterocycles. The first-order valence-corrected chi connectivity index (χ1v) is 8.23. The molecule has 2 aliphatic rings. The predicted octanol–water partition coefficient (Wildman–Crippen LogP) is 0.597. The first kappa shape index (κ1) is 22.7. The molecule has 24 heavy (non-hydrogen) atoms. The summed E-state index contributed by atoms with van der Waals surface area (Å²) in [5.74, 6) is 0.141. The van der Waals surface area contributed by atoms with Crippen LogP contribution >= 0.6 is 0 Å². The molecule has 0 saturated carbocycles. The number of carbonyl (C=O) groups is 1. The molecule has 1 amide bonds. The molecule has 1 unspecified atom stereocenters. The molecule has 0 bridgehead atoms. The number of hydrogen-bond acceptors (Lipinski definition) is 4. The Bertz CT molecular complexity index is 497. The minimum Gasteiger partial charge on any atom is -0.444 e. The topological polar surface area (TPSA) is 48.0 Å². The molecule has 0 aliphatic carbocycles. The van der Waals surface area contributed by atoms with Crippen LogP contribution in [0.1, 0.15) is 55.4 Å². The number of nitrogens with zero attached hydrogens (tertiary/aromatic N) is 1. The molecular weight excluding hydrogens is 378 g/mol. The zero-order valence-electron chi connectivity index (χ0n) is 16.6. The Kier molecular flexibility index (Phi) is 7.31. The fourth-order valence-corrected chi connectivity index (χ4v) is 2.55. The standard InChI is InChI=1S/C17H29BNO4.Rb/c1-12-11-19(14(20)21-15(2,3)4)10-9-13(12)18-22-16(5,6)17(7,8)23-18;/h9-10,12H,11H2,1-8H3;/q-1;+1. The average molecular weight is 408 g/mol. The predicted molar refractivity (Wildman–Crippen MR) is 90.6 cm³/mol. The van der Waals surface area contributed by atoms with Crippen molar-refractivity contribution in [3.63, 3.8) is 0 Å². The number of carbonyl (C=O) groups excluding carboxylic acids is 1. The van der Waals surface area contributed by atoms with Crippen LogP contribution in [-0.2, 0) is 14.0 Å². The fourth-order valence-electron chi connectivity index (χ4n) is 2.55. The van der Waals surface area contributed by atoms with E-state index in [4.69, 9.17) is 14.0 Å². The van der Waals surface area contributed by atoms with E-state index in [1.807, 2.05) is 54.5 Å². The van der Waals surface area contributed by atoms with Crippen molar-refractivity contribution in [2.24, 2.45) is 5.92 Å². The maximum Gasteiger partial charge on any atom is 1.00 e.